The van der Waals surface area contributed by atoms with Crippen molar-refractivity contribution in [3.05, 3.63) is 29.3 Å². The molecule has 0 saturated carbocycles. The van der Waals surface area contributed by atoms with Gasteiger partial charge in [-0.3, -0.25) is 4.79 Å². The number of rotatable bonds is 6. The van der Waals surface area contributed by atoms with Crippen LogP contribution in [-0.4, -0.2) is 25.2 Å². The zero-order valence-corrected chi connectivity index (χ0v) is 12.3. The summed E-state index contributed by atoms with van der Waals surface area (Å²) >= 11 is 0. The SMILES string of the molecule is CCC=C(C)C(=O)NCc1cc(OC)c(O)c(OC)c1. The highest BCUT2D eigenvalue weighted by molar-refractivity contribution is 5.92. The van der Waals surface area contributed by atoms with E-state index in [-0.39, 0.29) is 11.7 Å². The highest BCUT2D eigenvalue weighted by Crippen LogP contribution is 2.36. The Kier molecular flexibility index (Phi) is 5.90. The number of methoxy groups -OCH3 is 2. The normalized spacial score (nSPS) is 11.1. The van der Waals surface area contributed by atoms with Gasteiger partial charge in [0.2, 0.25) is 11.7 Å². The van der Waals surface area contributed by atoms with Gasteiger partial charge >= 0.3 is 0 Å². The van der Waals surface area contributed by atoms with Gasteiger partial charge in [0, 0.05) is 12.1 Å². The van der Waals surface area contributed by atoms with Crippen LogP contribution in [0.4, 0.5) is 0 Å². The van der Waals surface area contributed by atoms with E-state index in [1.807, 2.05) is 13.0 Å². The van der Waals surface area contributed by atoms with Crippen molar-refractivity contribution in [3.8, 4) is 17.2 Å². The quantitative estimate of drug-likeness (QED) is 0.785. The smallest absolute Gasteiger partial charge is 0.246 e. The lowest BCUT2D eigenvalue weighted by molar-refractivity contribution is -0.117. The summed E-state index contributed by atoms with van der Waals surface area (Å²) in [5.74, 6) is 0.467. The van der Waals surface area contributed by atoms with Gasteiger partial charge in [0.05, 0.1) is 14.2 Å². The second-order valence-electron chi connectivity index (χ2n) is 4.33. The summed E-state index contributed by atoms with van der Waals surface area (Å²) in [5.41, 5.74) is 1.47. The number of hydrogen-bond donors (Lipinski definition) is 2. The number of ether oxygens (including phenoxy) is 2. The molecule has 5 heteroatoms. The van der Waals surface area contributed by atoms with Crippen molar-refractivity contribution in [1.82, 2.24) is 5.32 Å². The minimum Gasteiger partial charge on any atom is -0.502 e. The lowest BCUT2D eigenvalue weighted by Gasteiger charge is -2.12. The second kappa shape index (κ2) is 7.43. The number of nitrogens with one attached hydrogen (secondary N) is 1. The van der Waals surface area contributed by atoms with Crippen LogP contribution in [0.3, 0.4) is 0 Å². The predicted octanol–water partition coefficient (Wildman–Crippen LogP) is 2.38. The average molecular weight is 279 g/mol. The van der Waals surface area contributed by atoms with Crippen molar-refractivity contribution in [2.75, 3.05) is 14.2 Å². The standard InChI is InChI=1S/C15H21NO4/c1-5-6-10(2)15(18)16-9-11-7-12(19-3)14(17)13(8-11)20-4/h6-8,17H,5,9H2,1-4H3,(H,16,18). The molecule has 0 bridgehead atoms. The first-order valence-electron chi connectivity index (χ1n) is 6.42. The molecule has 2 N–H and O–H groups in total. The van der Waals surface area contributed by atoms with Crippen molar-refractivity contribution in [2.24, 2.45) is 0 Å². The molecule has 0 aliphatic rings. The number of phenols is 1. The minimum atomic E-state index is -0.113. The molecule has 20 heavy (non-hydrogen) atoms. The molecule has 5 nitrogen and oxygen atoms in total. The fourth-order valence-corrected chi connectivity index (χ4v) is 1.77. The fraction of sp³-hybridized carbons (Fsp3) is 0.400. The van der Waals surface area contributed by atoms with Crippen LogP contribution in [0.2, 0.25) is 0 Å². The van der Waals surface area contributed by atoms with Gasteiger partial charge in [0.15, 0.2) is 11.5 Å². The van der Waals surface area contributed by atoms with Gasteiger partial charge in [0.1, 0.15) is 0 Å². The van der Waals surface area contributed by atoms with Crippen LogP contribution in [0.1, 0.15) is 25.8 Å². The van der Waals surface area contributed by atoms with E-state index in [4.69, 9.17) is 9.47 Å². The van der Waals surface area contributed by atoms with Crippen molar-refractivity contribution >= 4 is 5.91 Å². The zero-order valence-electron chi connectivity index (χ0n) is 12.3. The van der Waals surface area contributed by atoms with E-state index in [1.165, 1.54) is 14.2 Å². The van der Waals surface area contributed by atoms with Gasteiger partial charge in [-0.15, -0.1) is 0 Å². The summed E-state index contributed by atoms with van der Waals surface area (Å²) in [6.45, 7) is 4.09. The first-order valence-corrected chi connectivity index (χ1v) is 6.42. The van der Waals surface area contributed by atoms with Crippen molar-refractivity contribution in [1.29, 1.82) is 0 Å². The number of phenolic OH excluding ortho intramolecular Hbond substituents is 1. The number of carbonyl (C=O) groups is 1. The van der Waals surface area contributed by atoms with Crippen LogP contribution >= 0.6 is 0 Å². The third kappa shape index (κ3) is 3.91. The molecule has 0 aliphatic heterocycles. The Morgan fingerprint density at radius 2 is 1.85 bits per heavy atom. The summed E-state index contributed by atoms with van der Waals surface area (Å²) in [7, 11) is 2.93. The first kappa shape index (κ1) is 15.9. The lowest BCUT2D eigenvalue weighted by atomic mass is 10.1. The van der Waals surface area contributed by atoms with E-state index in [2.05, 4.69) is 5.32 Å². The van der Waals surface area contributed by atoms with Gasteiger partial charge in [-0.05, 0) is 31.0 Å². The average Bonchev–Trinajstić information content (AvgIpc) is 2.45. The van der Waals surface area contributed by atoms with Crippen molar-refractivity contribution < 1.29 is 19.4 Å². The Hall–Kier alpha value is -2.17. The monoisotopic (exact) mass is 279 g/mol. The van der Waals surface area contributed by atoms with E-state index in [0.717, 1.165) is 12.0 Å². The van der Waals surface area contributed by atoms with E-state index in [0.29, 0.717) is 23.6 Å². The summed E-state index contributed by atoms with van der Waals surface area (Å²) < 4.78 is 10.1. The summed E-state index contributed by atoms with van der Waals surface area (Å²) in [6.07, 6.45) is 2.69. The van der Waals surface area contributed by atoms with Gasteiger partial charge in [-0.2, -0.15) is 0 Å². The molecule has 0 radical (unpaired) electrons. The molecule has 0 aromatic heterocycles. The molecule has 0 heterocycles. The van der Waals surface area contributed by atoms with Crippen LogP contribution in [0.5, 0.6) is 17.2 Å². The van der Waals surface area contributed by atoms with Crippen LogP contribution in [-0.2, 0) is 11.3 Å². The summed E-state index contributed by atoms with van der Waals surface area (Å²) in [4.78, 5) is 11.8. The number of carbonyl (C=O) groups excluding carboxylic acids is 1. The van der Waals surface area contributed by atoms with E-state index >= 15 is 0 Å². The van der Waals surface area contributed by atoms with Crippen LogP contribution < -0.4 is 14.8 Å². The van der Waals surface area contributed by atoms with Gasteiger partial charge in [-0.25, -0.2) is 0 Å². The molecule has 1 rings (SSSR count). The predicted molar refractivity (Wildman–Crippen MR) is 77.1 cm³/mol. The minimum absolute atomic E-state index is 0.0489. The van der Waals surface area contributed by atoms with E-state index in [9.17, 15) is 9.90 Å². The van der Waals surface area contributed by atoms with E-state index < -0.39 is 0 Å². The zero-order chi connectivity index (χ0) is 15.1. The highest BCUT2D eigenvalue weighted by Gasteiger charge is 2.12. The Morgan fingerprint density at radius 3 is 2.30 bits per heavy atom. The molecular formula is C15H21NO4. The third-order valence-corrected chi connectivity index (χ3v) is 2.86. The number of allylic oxidation sites excluding steroid dienone is 1. The molecule has 1 aromatic rings. The number of benzene rings is 1. The van der Waals surface area contributed by atoms with Crippen molar-refractivity contribution in [2.45, 2.75) is 26.8 Å². The molecule has 1 aromatic carbocycles. The second-order valence-corrected chi connectivity index (χ2v) is 4.33. The molecular weight excluding hydrogens is 258 g/mol. The first-order chi connectivity index (χ1) is 9.53. The topological polar surface area (TPSA) is 67.8 Å². The Morgan fingerprint density at radius 1 is 1.30 bits per heavy atom. The largest absolute Gasteiger partial charge is 0.502 e. The number of aromatic hydroxyl groups is 1. The molecule has 0 atom stereocenters. The van der Waals surface area contributed by atoms with Crippen LogP contribution in [0.15, 0.2) is 23.8 Å². The van der Waals surface area contributed by atoms with Crippen LogP contribution in [0, 0.1) is 0 Å². The molecule has 1 amide bonds. The number of hydrogen-bond acceptors (Lipinski definition) is 4. The molecule has 0 unspecified atom stereocenters. The Bertz CT molecular complexity index is 484. The van der Waals surface area contributed by atoms with Gasteiger partial charge in [-0.1, -0.05) is 13.0 Å². The molecule has 0 aliphatic carbocycles. The maximum atomic E-state index is 11.8. The maximum absolute atomic E-state index is 11.8. The Balaban J connectivity index is 2.83. The summed E-state index contributed by atoms with van der Waals surface area (Å²) in [5, 5.41) is 12.6. The third-order valence-electron chi connectivity index (χ3n) is 2.86. The maximum Gasteiger partial charge on any atom is 0.246 e. The van der Waals surface area contributed by atoms with Crippen molar-refractivity contribution in [3.63, 3.8) is 0 Å². The number of amides is 1. The molecule has 0 fully saturated rings. The van der Waals surface area contributed by atoms with Gasteiger partial charge < -0.3 is 19.9 Å². The van der Waals surface area contributed by atoms with Crippen LogP contribution in [0.25, 0.3) is 0 Å². The summed E-state index contributed by atoms with van der Waals surface area (Å²) in [6, 6.07) is 3.33. The Labute approximate surface area is 119 Å². The lowest BCUT2D eigenvalue weighted by Crippen LogP contribution is -2.23. The van der Waals surface area contributed by atoms with E-state index in [1.54, 1.807) is 19.1 Å². The molecule has 0 saturated heterocycles. The fourth-order valence-electron chi connectivity index (χ4n) is 1.77. The molecule has 0 spiro atoms. The molecule has 110 valence electrons. The highest BCUT2D eigenvalue weighted by atomic mass is 16.5. The van der Waals surface area contributed by atoms with Gasteiger partial charge in [0.25, 0.3) is 0 Å².